The molecule has 0 bridgehead atoms. The fourth-order valence-corrected chi connectivity index (χ4v) is 3.84. The molecule has 3 rings (SSSR count). The van der Waals surface area contributed by atoms with E-state index in [2.05, 4.69) is 4.74 Å². The van der Waals surface area contributed by atoms with E-state index in [0.717, 1.165) is 0 Å². The molecule has 0 aliphatic heterocycles. The summed E-state index contributed by atoms with van der Waals surface area (Å²) in [5.41, 5.74) is -2.00. The Bertz CT molecular complexity index is 937. The molecule has 31 heavy (non-hydrogen) atoms. The van der Waals surface area contributed by atoms with Crippen LogP contribution in [0.4, 0.5) is 39.5 Å². The second kappa shape index (κ2) is 8.27. The number of hydrogen-bond donors (Lipinski definition) is 0. The van der Waals surface area contributed by atoms with E-state index >= 15 is 0 Å². The summed E-state index contributed by atoms with van der Waals surface area (Å²) in [4.78, 5) is 0. The molecule has 1 saturated carbocycles. The highest BCUT2D eigenvalue weighted by atomic mass is 19.4. The molecular formula is C21H17F9O. The van der Waals surface area contributed by atoms with Crippen LogP contribution >= 0.6 is 0 Å². The molecule has 10 heteroatoms. The van der Waals surface area contributed by atoms with Crippen LogP contribution in [0.3, 0.4) is 0 Å². The summed E-state index contributed by atoms with van der Waals surface area (Å²) in [6.07, 6.45) is -9.44. The third kappa shape index (κ3) is 4.77. The molecule has 0 amide bonds. The average Bonchev–Trinajstić information content (AvgIpc) is 2.64. The summed E-state index contributed by atoms with van der Waals surface area (Å²) < 4.78 is 126. The molecule has 0 aromatic heterocycles. The van der Waals surface area contributed by atoms with Gasteiger partial charge in [-0.2, -0.15) is 22.0 Å². The fourth-order valence-electron chi connectivity index (χ4n) is 3.84. The Morgan fingerprint density at radius 1 is 0.806 bits per heavy atom. The summed E-state index contributed by atoms with van der Waals surface area (Å²) in [5.74, 6) is -9.17. The lowest BCUT2D eigenvalue weighted by Gasteiger charge is -2.33. The predicted octanol–water partition coefficient (Wildman–Crippen LogP) is 7.52. The van der Waals surface area contributed by atoms with Gasteiger partial charge in [-0.25, -0.2) is 17.6 Å². The normalized spacial score (nSPS) is 20.1. The lowest BCUT2D eigenvalue weighted by molar-refractivity contribution is -0.222. The van der Waals surface area contributed by atoms with E-state index in [1.807, 2.05) is 0 Å². The Balaban J connectivity index is 1.71. The minimum atomic E-state index is -5.33. The molecule has 0 N–H and O–H groups in total. The van der Waals surface area contributed by atoms with Crippen molar-refractivity contribution in [1.82, 2.24) is 0 Å². The zero-order valence-electron chi connectivity index (χ0n) is 16.1. The van der Waals surface area contributed by atoms with Gasteiger partial charge in [-0.05, 0) is 49.7 Å². The molecule has 0 heterocycles. The van der Waals surface area contributed by atoms with Gasteiger partial charge in [-0.1, -0.05) is 12.1 Å². The first-order valence-electron chi connectivity index (χ1n) is 9.38. The van der Waals surface area contributed by atoms with Gasteiger partial charge in [0.15, 0.2) is 11.6 Å². The summed E-state index contributed by atoms with van der Waals surface area (Å²) in [6, 6.07) is 2.90. The molecule has 2 aromatic carbocycles. The standard InChI is InChI=1S/C21H17F9O/c1-10-2-7-14(19(25)18(10)24)11-3-5-12(6-4-11)21(29,30)31-13-8-15(22)17(16(23)9-13)20(26,27)28/h2,7-9,11-12H,3-6H2,1H3. The molecule has 0 saturated heterocycles. The van der Waals surface area contributed by atoms with Gasteiger partial charge in [0.1, 0.15) is 22.9 Å². The third-order valence-electron chi connectivity index (χ3n) is 5.50. The Hall–Kier alpha value is -2.39. The summed E-state index contributed by atoms with van der Waals surface area (Å²) in [7, 11) is 0. The van der Waals surface area contributed by atoms with Crippen molar-refractivity contribution in [3.05, 3.63) is 64.2 Å². The lowest BCUT2D eigenvalue weighted by Crippen LogP contribution is -2.37. The maximum atomic E-state index is 14.5. The van der Waals surface area contributed by atoms with Gasteiger partial charge in [0.05, 0.1) is 5.92 Å². The summed E-state index contributed by atoms with van der Waals surface area (Å²) in [6.45, 7) is 1.39. The van der Waals surface area contributed by atoms with Crippen LogP contribution in [0.25, 0.3) is 0 Å². The molecular weight excluding hydrogens is 439 g/mol. The maximum absolute atomic E-state index is 14.5. The van der Waals surface area contributed by atoms with Gasteiger partial charge in [0.25, 0.3) is 0 Å². The number of aryl methyl sites for hydroxylation is 1. The van der Waals surface area contributed by atoms with Crippen LogP contribution in [0, 0.1) is 36.1 Å². The summed E-state index contributed by atoms with van der Waals surface area (Å²) >= 11 is 0. The van der Waals surface area contributed by atoms with Gasteiger partial charge in [-0.3, -0.25) is 0 Å². The molecule has 1 fully saturated rings. The average molecular weight is 456 g/mol. The van der Waals surface area contributed by atoms with Crippen LogP contribution in [0.5, 0.6) is 5.75 Å². The van der Waals surface area contributed by atoms with Crippen LogP contribution in [0.2, 0.25) is 0 Å². The first kappa shape index (κ1) is 23.3. The molecule has 1 aliphatic rings. The molecule has 0 unspecified atom stereocenters. The first-order valence-corrected chi connectivity index (χ1v) is 9.38. The van der Waals surface area contributed by atoms with Crippen LogP contribution in [0.1, 0.15) is 48.3 Å². The van der Waals surface area contributed by atoms with E-state index in [-0.39, 0.29) is 48.9 Å². The molecule has 0 radical (unpaired) electrons. The zero-order chi connectivity index (χ0) is 23.1. The molecule has 2 aromatic rings. The number of benzene rings is 2. The maximum Gasteiger partial charge on any atom is 0.422 e. The smallest absolute Gasteiger partial charge is 0.422 e. The Morgan fingerprint density at radius 3 is 1.87 bits per heavy atom. The number of alkyl halides is 5. The Morgan fingerprint density at radius 2 is 1.35 bits per heavy atom. The summed E-state index contributed by atoms with van der Waals surface area (Å²) in [5, 5.41) is 0. The van der Waals surface area contributed by atoms with Crippen molar-refractivity contribution in [2.45, 2.75) is 50.8 Å². The molecule has 170 valence electrons. The number of hydrogen-bond acceptors (Lipinski definition) is 1. The van der Waals surface area contributed by atoms with Gasteiger partial charge < -0.3 is 4.74 Å². The lowest BCUT2D eigenvalue weighted by atomic mass is 9.78. The van der Waals surface area contributed by atoms with Crippen molar-refractivity contribution in [2.75, 3.05) is 0 Å². The van der Waals surface area contributed by atoms with Gasteiger partial charge >= 0.3 is 12.3 Å². The predicted molar refractivity (Wildman–Crippen MR) is 92.7 cm³/mol. The fraction of sp³-hybridized carbons (Fsp3) is 0.429. The highest BCUT2D eigenvalue weighted by Gasteiger charge is 2.45. The largest absolute Gasteiger partial charge is 0.432 e. The van der Waals surface area contributed by atoms with Crippen molar-refractivity contribution in [2.24, 2.45) is 5.92 Å². The van der Waals surface area contributed by atoms with E-state index in [1.54, 1.807) is 0 Å². The van der Waals surface area contributed by atoms with E-state index in [4.69, 9.17) is 0 Å². The first-order chi connectivity index (χ1) is 14.3. The number of rotatable bonds is 4. The molecule has 1 nitrogen and oxygen atoms in total. The highest BCUT2D eigenvalue weighted by Crippen LogP contribution is 2.44. The van der Waals surface area contributed by atoms with E-state index in [1.165, 1.54) is 19.1 Å². The quantitative estimate of drug-likeness (QED) is 0.433. The van der Waals surface area contributed by atoms with E-state index in [9.17, 15) is 39.5 Å². The van der Waals surface area contributed by atoms with Crippen LogP contribution < -0.4 is 4.74 Å². The van der Waals surface area contributed by atoms with Crippen LogP contribution in [0.15, 0.2) is 24.3 Å². The SMILES string of the molecule is Cc1ccc(C2CCC(C(F)(F)Oc3cc(F)c(C(F)(F)F)c(F)c3)CC2)c(F)c1F. The zero-order valence-corrected chi connectivity index (χ0v) is 16.1. The van der Waals surface area contributed by atoms with Crippen LogP contribution in [-0.2, 0) is 6.18 Å². The minimum Gasteiger partial charge on any atom is -0.432 e. The highest BCUT2D eigenvalue weighted by molar-refractivity contribution is 5.33. The van der Waals surface area contributed by atoms with Gasteiger partial charge in [0.2, 0.25) is 0 Å². The third-order valence-corrected chi connectivity index (χ3v) is 5.50. The van der Waals surface area contributed by atoms with E-state index in [0.29, 0.717) is 0 Å². The van der Waals surface area contributed by atoms with E-state index < -0.39 is 58.7 Å². The van der Waals surface area contributed by atoms with Crippen molar-refractivity contribution in [1.29, 1.82) is 0 Å². The minimum absolute atomic E-state index is 0.0515. The second-order valence-electron chi connectivity index (χ2n) is 7.57. The van der Waals surface area contributed by atoms with Gasteiger partial charge in [-0.15, -0.1) is 0 Å². The Labute approximate surface area is 171 Å². The van der Waals surface area contributed by atoms with Crippen molar-refractivity contribution in [3.8, 4) is 5.75 Å². The van der Waals surface area contributed by atoms with Crippen molar-refractivity contribution >= 4 is 0 Å². The molecule has 1 aliphatic carbocycles. The number of halogens is 9. The van der Waals surface area contributed by atoms with Crippen molar-refractivity contribution < 1.29 is 44.3 Å². The number of ether oxygens (including phenoxy) is 1. The molecule has 0 atom stereocenters. The van der Waals surface area contributed by atoms with Crippen LogP contribution in [-0.4, -0.2) is 6.11 Å². The van der Waals surface area contributed by atoms with Gasteiger partial charge in [0, 0.05) is 12.1 Å². The van der Waals surface area contributed by atoms with Crippen molar-refractivity contribution in [3.63, 3.8) is 0 Å². The second-order valence-corrected chi connectivity index (χ2v) is 7.57. The topological polar surface area (TPSA) is 9.23 Å². The molecule has 0 spiro atoms. The monoisotopic (exact) mass is 456 g/mol. The Kier molecular flexibility index (Phi) is 6.21.